The molecule has 3 aromatic rings. The van der Waals surface area contributed by atoms with Crippen LogP contribution < -0.4 is 5.32 Å². The van der Waals surface area contributed by atoms with Crippen molar-refractivity contribution in [2.75, 3.05) is 6.54 Å². The van der Waals surface area contributed by atoms with E-state index in [4.69, 9.17) is 0 Å². The van der Waals surface area contributed by atoms with Crippen LogP contribution in [0, 0.1) is 17.5 Å². The van der Waals surface area contributed by atoms with E-state index < -0.39 is 11.6 Å². The van der Waals surface area contributed by atoms with E-state index in [-0.39, 0.29) is 23.9 Å². The fourth-order valence-electron chi connectivity index (χ4n) is 3.73. The maximum Gasteiger partial charge on any atom is 0.318 e. The molecule has 2 unspecified atom stereocenters. The van der Waals surface area contributed by atoms with E-state index in [1.54, 1.807) is 35.2 Å². The second kappa shape index (κ2) is 11.4. The molecule has 0 aromatic heterocycles. The Bertz CT molecular complexity index is 1070. The van der Waals surface area contributed by atoms with E-state index in [9.17, 15) is 18.0 Å². The Morgan fingerprint density at radius 3 is 2.27 bits per heavy atom. The van der Waals surface area contributed by atoms with Gasteiger partial charge in [0.05, 0.1) is 6.04 Å². The van der Waals surface area contributed by atoms with Crippen molar-refractivity contribution >= 4 is 6.03 Å². The molecule has 1 aliphatic rings. The average molecular weight is 453 g/mol. The summed E-state index contributed by atoms with van der Waals surface area (Å²) in [5.41, 5.74) is 2.00. The van der Waals surface area contributed by atoms with Crippen LogP contribution in [0.3, 0.4) is 0 Å². The number of carbonyl (C=O) groups is 1. The first kappa shape index (κ1) is 24.1. The van der Waals surface area contributed by atoms with E-state index in [0.29, 0.717) is 17.7 Å². The molecule has 6 heteroatoms. The minimum Gasteiger partial charge on any atom is -0.335 e. The standard InChI is InChI=1S/C21H22F2N2O.C6H5F/c1-3-4-18-11-12-25(21(26)24-18)14(2)15-5-7-16(8-6-15)19-10-9-17(22)13-20(19)23;7-6-4-2-1-3-5-6/h3,5-10,13-14,18H,1,4,11-12H2,2H3,(H,24,26);1-5H. The Kier molecular flexibility index (Phi) is 8.30. The third-order valence-electron chi connectivity index (χ3n) is 5.59. The van der Waals surface area contributed by atoms with Crippen molar-refractivity contribution in [2.24, 2.45) is 0 Å². The lowest BCUT2D eigenvalue weighted by Crippen LogP contribution is -2.52. The van der Waals surface area contributed by atoms with E-state index in [2.05, 4.69) is 11.9 Å². The van der Waals surface area contributed by atoms with Crippen molar-refractivity contribution in [3.05, 3.63) is 108 Å². The first-order chi connectivity index (χ1) is 15.9. The lowest BCUT2D eigenvalue weighted by atomic mass is 9.99. The Morgan fingerprint density at radius 2 is 1.73 bits per heavy atom. The van der Waals surface area contributed by atoms with Crippen LogP contribution in [0.5, 0.6) is 0 Å². The predicted octanol–water partition coefficient (Wildman–Crippen LogP) is 6.88. The second-order valence-corrected chi connectivity index (χ2v) is 7.87. The first-order valence-electron chi connectivity index (χ1n) is 10.8. The third kappa shape index (κ3) is 6.48. The van der Waals surface area contributed by atoms with Crippen LogP contribution in [0.4, 0.5) is 18.0 Å². The summed E-state index contributed by atoms with van der Waals surface area (Å²) in [5.74, 6) is -1.36. The van der Waals surface area contributed by atoms with Crippen molar-refractivity contribution in [2.45, 2.75) is 31.8 Å². The minimum atomic E-state index is -0.595. The Hall–Kier alpha value is -3.54. The molecule has 4 rings (SSSR count). The van der Waals surface area contributed by atoms with Gasteiger partial charge in [-0.15, -0.1) is 6.58 Å². The van der Waals surface area contributed by atoms with Gasteiger partial charge in [0, 0.05) is 24.2 Å². The van der Waals surface area contributed by atoms with Crippen LogP contribution in [0.2, 0.25) is 0 Å². The average Bonchev–Trinajstić information content (AvgIpc) is 2.80. The van der Waals surface area contributed by atoms with E-state index in [1.807, 2.05) is 25.1 Å². The number of urea groups is 1. The van der Waals surface area contributed by atoms with Gasteiger partial charge >= 0.3 is 6.03 Å². The van der Waals surface area contributed by atoms with Gasteiger partial charge in [-0.1, -0.05) is 48.5 Å². The first-order valence-corrected chi connectivity index (χ1v) is 10.8. The summed E-state index contributed by atoms with van der Waals surface area (Å²) in [6, 6.07) is 18.8. The molecule has 33 heavy (non-hydrogen) atoms. The lowest BCUT2D eigenvalue weighted by Gasteiger charge is -2.36. The highest BCUT2D eigenvalue weighted by Gasteiger charge is 2.28. The van der Waals surface area contributed by atoms with Gasteiger partial charge in [-0.25, -0.2) is 18.0 Å². The molecule has 1 fully saturated rings. The molecule has 0 saturated carbocycles. The van der Waals surface area contributed by atoms with Crippen LogP contribution in [-0.4, -0.2) is 23.5 Å². The number of carbonyl (C=O) groups excluding carboxylic acids is 1. The predicted molar refractivity (Wildman–Crippen MR) is 125 cm³/mol. The number of hydrogen-bond donors (Lipinski definition) is 1. The zero-order chi connectivity index (χ0) is 23.8. The van der Waals surface area contributed by atoms with Crippen molar-refractivity contribution in [1.29, 1.82) is 0 Å². The van der Waals surface area contributed by atoms with Gasteiger partial charge < -0.3 is 10.2 Å². The molecule has 1 saturated heterocycles. The highest BCUT2D eigenvalue weighted by atomic mass is 19.1. The molecular formula is C27H27F3N2O. The minimum absolute atomic E-state index is 0.0794. The fourth-order valence-corrected chi connectivity index (χ4v) is 3.73. The highest BCUT2D eigenvalue weighted by Crippen LogP contribution is 2.28. The topological polar surface area (TPSA) is 32.3 Å². The quantitative estimate of drug-likeness (QED) is 0.421. The van der Waals surface area contributed by atoms with Gasteiger partial charge in [0.15, 0.2) is 0 Å². The summed E-state index contributed by atoms with van der Waals surface area (Å²) >= 11 is 0. The number of nitrogens with zero attached hydrogens (tertiary/aromatic N) is 1. The number of rotatable bonds is 5. The number of hydrogen-bond acceptors (Lipinski definition) is 1. The zero-order valence-corrected chi connectivity index (χ0v) is 18.5. The SMILES string of the molecule is C=CCC1CCN(C(C)c2ccc(-c3ccc(F)cc3F)cc2)C(=O)N1.Fc1ccccc1. The maximum atomic E-state index is 13.9. The summed E-state index contributed by atoms with van der Waals surface area (Å²) in [4.78, 5) is 14.2. The molecule has 0 spiro atoms. The zero-order valence-electron chi connectivity index (χ0n) is 18.5. The molecule has 3 aromatic carbocycles. The van der Waals surface area contributed by atoms with Crippen LogP contribution >= 0.6 is 0 Å². The second-order valence-electron chi connectivity index (χ2n) is 7.87. The summed E-state index contributed by atoms with van der Waals surface area (Å²) in [6.45, 7) is 6.37. The highest BCUT2D eigenvalue weighted by molar-refractivity contribution is 5.76. The van der Waals surface area contributed by atoms with Crippen molar-refractivity contribution in [3.63, 3.8) is 0 Å². The largest absolute Gasteiger partial charge is 0.335 e. The molecule has 1 N–H and O–H groups in total. The van der Waals surface area contributed by atoms with Gasteiger partial charge in [0.1, 0.15) is 17.5 Å². The molecule has 0 bridgehead atoms. The normalized spacial score (nSPS) is 16.3. The Labute approximate surface area is 192 Å². The number of nitrogens with one attached hydrogen (secondary N) is 1. The molecule has 1 heterocycles. The smallest absolute Gasteiger partial charge is 0.318 e. The van der Waals surface area contributed by atoms with Gasteiger partial charge in [-0.3, -0.25) is 0 Å². The molecule has 172 valence electrons. The van der Waals surface area contributed by atoms with Gasteiger partial charge in [0.25, 0.3) is 0 Å². The molecule has 0 radical (unpaired) electrons. The van der Waals surface area contributed by atoms with E-state index >= 15 is 0 Å². The van der Waals surface area contributed by atoms with Crippen molar-refractivity contribution < 1.29 is 18.0 Å². The van der Waals surface area contributed by atoms with E-state index in [0.717, 1.165) is 24.5 Å². The summed E-state index contributed by atoms with van der Waals surface area (Å²) in [5, 5.41) is 3.00. The van der Waals surface area contributed by atoms with Crippen molar-refractivity contribution in [3.8, 4) is 11.1 Å². The van der Waals surface area contributed by atoms with Crippen LogP contribution in [0.1, 0.15) is 31.4 Å². The molecule has 1 aliphatic heterocycles. The van der Waals surface area contributed by atoms with Gasteiger partial charge in [0.2, 0.25) is 0 Å². The van der Waals surface area contributed by atoms with Crippen LogP contribution in [0.15, 0.2) is 85.5 Å². The third-order valence-corrected chi connectivity index (χ3v) is 5.59. The summed E-state index contributed by atoms with van der Waals surface area (Å²) < 4.78 is 38.9. The number of halogens is 3. The van der Waals surface area contributed by atoms with Gasteiger partial charge in [-0.2, -0.15) is 0 Å². The molecular weight excluding hydrogens is 425 g/mol. The van der Waals surface area contributed by atoms with Crippen LogP contribution in [-0.2, 0) is 0 Å². The van der Waals surface area contributed by atoms with Crippen molar-refractivity contribution in [1.82, 2.24) is 10.2 Å². The number of benzene rings is 3. The number of amides is 2. The maximum absolute atomic E-state index is 13.9. The monoisotopic (exact) mass is 452 g/mol. The summed E-state index contributed by atoms with van der Waals surface area (Å²) in [6.07, 6.45) is 3.46. The Morgan fingerprint density at radius 1 is 1.03 bits per heavy atom. The van der Waals surface area contributed by atoms with Gasteiger partial charge in [-0.05, 0) is 55.2 Å². The Balaban J connectivity index is 0.000000374. The molecule has 3 nitrogen and oxygen atoms in total. The molecule has 2 amide bonds. The summed E-state index contributed by atoms with van der Waals surface area (Å²) in [7, 11) is 0. The van der Waals surface area contributed by atoms with Crippen LogP contribution in [0.25, 0.3) is 11.1 Å². The molecule has 2 atom stereocenters. The molecule has 0 aliphatic carbocycles. The fraction of sp³-hybridized carbons (Fsp3) is 0.222. The van der Waals surface area contributed by atoms with E-state index in [1.165, 1.54) is 24.3 Å². The lowest BCUT2D eigenvalue weighted by molar-refractivity contribution is 0.154.